The number of hydrogen-bond acceptors (Lipinski definition) is 5. The lowest BCUT2D eigenvalue weighted by Gasteiger charge is -2.33. The number of nitrogens with one attached hydrogen (secondary N) is 1. The molecule has 1 aromatic rings. The van der Waals surface area contributed by atoms with Crippen LogP contribution in [0.4, 0.5) is 5.13 Å². The van der Waals surface area contributed by atoms with Crippen LogP contribution in [0.3, 0.4) is 0 Å². The Kier molecular flexibility index (Phi) is 9.15. The van der Waals surface area contributed by atoms with Gasteiger partial charge in [-0.3, -0.25) is 4.99 Å². The van der Waals surface area contributed by atoms with Crippen molar-refractivity contribution < 1.29 is 4.74 Å². The van der Waals surface area contributed by atoms with Gasteiger partial charge in [-0.2, -0.15) is 0 Å². The number of nitrogens with zero attached hydrogens (tertiary/aromatic N) is 4. The minimum Gasteiger partial charge on any atom is -0.378 e. The summed E-state index contributed by atoms with van der Waals surface area (Å²) in [6, 6.07) is 0. The van der Waals surface area contributed by atoms with Gasteiger partial charge in [0, 0.05) is 46.2 Å². The summed E-state index contributed by atoms with van der Waals surface area (Å²) in [7, 11) is 5.86. The van der Waals surface area contributed by atoms with Crippen LogP contribution in [-0.2, 0) is 11.3 Å². The van der Waals surface area contributed by atoms with Crippen molar-refractivity contribution in [3.8, 4) is 0 Å². The number of hydrogen-bond donors (Lipinski definition) is 1. The highest BCUT2D eigenvalue weighted by Crippen LogP contribution is 2.18. The van der Waals surface area contributed by atoms with Crippen molar-refractivity contribution in [3.05, 3.63) is 11.1 Å². The topological polar surface area (TPSA) is 53.0 Å². The Balaban J connectivity index is 0.00000264. The van der Waals surface area contributed by atoms with Gasteiger partial charge in [0.25, 0.3) is 0 Å². The molecule has 0 saturated carbocycles. The number of aliphatic imine (C=N–C) groups is 1. The van der Waals surface area contributed by atoms with E-state index in [-0.39, 0.29) is 24.0 Å². The maximum absolute atomic E-state index is 5.70. The molecule has 132 valence electrons. The highest BCUT2D eigenvalue weighted by Gasteiger charge is 2.21. The number of anilines is 1. The Morgan fingerprint density at radius 1 is 1.48 bits per heavy atom. The third-order valence-corrected chi connectivity index (χ3v) is 4.76. The van der Waals surface area contributed by atoms with Crippen LogP contribution < -0.4 is 10.2 Å². The SMILES string of the molecule is CCOC1CCN(C(=NC)NCc2csc(N(C)C)n2)CC1.I. The van der Waals surface area contributed by atoms with E-state index in [0.717, 1.165) is 49.3 Å². The summed E-state index contributed by atoms with van der Waals surface area (Å²) in [6.07, 6.45) is 2.53. The Morgan fingerprint density at radius 2 is 2.17 bits per heavy atom. The standard InChI is InChI=1S/C15H27N5OS.HI/c1-5-21-13-6-8-20(9-7-13)14(16-2)17-10-12-11-22-15(18-12)19(3)4;/h11,13H,5-10H2,1-4H3,(H,16,17);1H. The molecular formula is C15H28IN5OS. The van der Waals surface area contributed by atoms with Crippen LogP contribution >= 0.6 is 35.3 Å². The predicted octanol–water partition coefficient (Wildman–Crippen LogP) is 2.40. The molecule has 1 aliphatic rings. The van der Waals surface area contributed by atoms with Crippen LogP contribution in [0.1, 0.15) is 25.5 Å². The minimum atomic E-state index is 0. The lowest BCUT2D eigenvalue weighted by atomic mass is 10.1. The molecule has 1 aliphatic heterocycles. The Labute approximate surface area is 160 Å². The number of piperidine rings is 1. The molecule has 0 unspecified atom stereocenters. The second kappa shape index (κ2) is 10.3. The van der Waals surface area contributed by atoms with Crippen LogP contribution in [0.5, 0.6) is 0 Å². The van der Waals surface area contributed by atoms with Gasteiger partial charge in [-0.05, 0) is 19.8 Å². The molecule has 23 heavy (non-hydrogen) atoms. The monoisotopic (exact) mass is 453 g/mol. The molecule has 0 amide bonds. The van der Waals surface area contributed by atoms with Gasteiger partial charge in [-0.1, -0.05) is 0 Å². The third-order valence-electron chi connectivity index (χ3n) is 3.71. The molecule has 2 heterocycles. The zero-order valence-electron chi connectivity index (χ0n) is 14.4. The van der Waals surface area contributed by atoms with Gasteiger partial charge in [0.2, 0.25) is 0 Å². The van der Waals surface area contributed by atoms with Crippen LogP contribution in [0.2, 0.25) is 0 Å². The minimum absolute atomic E-state index is 0. The van der Waals surface area contributed by atoms with Crippen molar-refractivity contribution >= 4 is 46.4 Å². The van der Waals surface area contributed by atoms with E-state index < -0.39 is 0 Å². The first-order chi connectivity index (χ1) is 10.6. The molecule has 0 aliphatic carbocycles. The van der Waals surface area contributed by atoms with E-state index >= 15 is 0 Å². The number of aromatic nitrogens is 1. The highest BCUT2D eigenvalue weighted by molar-refractivity contribution is 14.0. The van der Waals surface area contributed by atoms with Crippen molar-refractivity contribution in [1.29, 1.82) is 0 Å². The number of thiazole rings is 1. The average Bonchev–Trinajstić information content (AvgIpc) is 2.99. The molecule has 1 aromatic heterocycles. The van der Waals surface area contributed by atoms with E-state index in [9.17, 15) is 0 Å². The average molecular weight is 453 g/mol. The molecule has 1 fully saturated rings. The smallest absolute Gasteiger partial charge is 0.193 e. The molecule has 1 N–H and O–H groups in total. The Morgan fingerprint density at radius 3 is 2.70 bits per heavy atom. The first-order valence-corrected chi connectivity index (χ1v) is 8.71. The van der Waals surface area contributed by atoms with Gasteiger partial charge in [-0.15, -0.1) is 35.3 Å². The molecule has 0 atom stereocenters. The number of halogens is 1. The summed E-state index contributed by atoms with van der Waals surface area (Å²) in [5, 5.41) is 6.54. The van der Waals surface area contributed by atoms with Gasteiger partial charge in [0.05, 0.1) is 18.3 Å². The summed E-state index contributed by atoms with van der Waals surface area (Å²) in [5.41, 5.74) is 1.05. The molecule has 6 nitrogen and oxygen atoms in total. The molecular weight excluding hydrogens is 425 g/mol. The maximum Gasteiger partial charge on any atom is 0.193 e. The maximum atomic E-state index is 5.70. The Bertz CT molecular complexity index is 486. The largest absolute Gasteiger partial charge is 0.378 e. The van der Waals surface area contributed by atoms with Crippen molar-refractivity contribution in [2.75, 3.05) is 45.7 Å². The van der Waals surface area contributed by atoms with Crippen LogP contribution in [0.25, 0.3) is 0 Å². The summed E-state index contributed by atoms with van der Waals surface area (Å²) in [5.74, 6) is 0.953. The fraction of sp³-hybridized carbons (Fsp3) is 0.733. The van der Waals surface area contributed by atoms with E-state index in [1.807, 2.05) is 26.0 Å². The first kappa shape index (κ1) is 20.4. The first-order valence-electron chi connectivity index (χ1n) is 7.83. The van der Waals surface area contributed by atoms with Gasteiger partial charge >= 0.3 is 0 Å². The second-order valence-corrected chi connectivity index (χ2v) is 6.39. The molecule has 0 radical (unpaired) electrons. The summed E-state index contributed by atoms with van der Waals surface area (Å²) in [6.45, 7) is 5.55. The van der Waals surface area contributed by atoms with Crippen molar-refractivity contribution in [2.24, 2.45) is 4.99 Å². The van der Waals surface area contributed by atoms with E-state index in [1.54, 1.807) is 11.3 Å². The highest BCUT2D eigenvalue weighted by atomic mass is 127. The predicted molar refractivity (Wildman–Crippen MR) is 108 cm³/mol. The van der Waals surface area contributed by atoms with Gasteiger partial charge < -0.3 is 19.9 Å². The quantitative estimate of drug-likeness (QED) is 0.422. The number of likely N-dealkylation sites (tertiary alicyclic amines) is 1. The normalized spacial score (nSPS) is 16.2. The molecule has 1 saturated heterocycles. The Hall–Kier alpha value is -0.610. The van der Waals surface area contributed by atoms with E-state index in [0.29, 0.717) is 12.6 Å². The van der Waals surface area contributed by atoms with Crippen LogP contribution in [0.15, 0.2) is 10.4 Å². The van der Waals surface area contributed by atoms with E-state index in [1.165, 1.54) is 0 Å². The fourth-order valence-electron chi connectivity index (χ4n) is 2.55. The lowest BCUT2D eigenvalue weighted by molar-refractivity contribution is 0.0263. The molecule has 2 rings (SSSR count). The summed E-state index contributed by atoms with van der Waals surface area (Å²) < 4.78 is 5.70. The van der Waals surface area contributed by atoms with E-state index in [2.05, 4.69) is 32.5 Å². The number of rotatable bonds is 5. The van der Waals surface area contributed by atoms with Gasteiger partial charge in [0.1, 0.15) is 0 Å². The zero-order chi connectivity index (χ0) is 15.9. The van der Waals surface area contributed by atoms with Crippen LogP contribution in [0, 0.1) is 0 Å². The third kappa shape index (κ3) is 6.07. The summed E-state index contributed by atoms with van der Waals surface area (Å²) in [4.78, 5) is 13.3. The lowest BCUT2D eigenvalue weighted by Crippen LogP contribution is -2.46. The van der Waals surface area contributed by atoms with Gasteiger partial charge in [0.15, 0.2) is 11.1 Å². The van der Waals surface area contributed by atoms with Gasteiger partial charge in [-0.25, -0.2) is 4.98 Å². The van der Waals surface area contributed by atoms with Crippen LogP contribution in [-0.4, -0.2) is 62.8 Å². The molecule has 0 bridgehead atoms. The van der Waals surface area contributed by atoms with Crippen molar-refractivity contribution in [3.63, 3.8) is 0 Å². The number of ether oxygens (including phenoxy) is 1. The molecule has 8 heteroatoms. The van der Waals surface area contributed by atoms with E-state index in [4.69, 9.17) is 4.74 Å². The van der Waals surface area contributed by atoms with Crippen molar-refractivity contribution in [2.45, 2.75) is 32.4 Å². The fourth-order valence-corrected chi connectivity index (χ4v) is 3.31. The zero-order valence-corrected chi connectivity index (χ0v) is 17.6. The molecule has 0 aromatic carbocycles. The summed E-state index contributed by atoms with van der Waals surface area (Å²) >= 11 is 1.66. The number of guanidine groups is 1. The molecule has 0 spiro atoms. The van der Waals surface area contributed by atoms with Crippen molar-refractivity contribution in [1.82, 2.24) is 15.2 Å². The second-order valence-electron chi connectivity index (χ2n) is 5.56.